The zero-order valence-corrected chi connectivity index (χ0v) is 17.0. The average molecular weight is 377 g/mol. The smallest absolute Gasteiger partial charge is 0.319 e. The molecule has 0 aromatic heterocycles. The van der Waals surface area contributed by atoms with Crippen molar-refractivity contribution in [1.29, 1.82) is 0 Å². The fraction of sp³-hybridized carbons (Fsp3) is 0.905. The number of nitrogens with zero attached hydrogens (tertiary/aromatic N) is 2. The lowest BCUT2D eigenvalue weighted by molar-refractivity contribution is -0.0137. The van der Waals surface area contributed by atoms with Crippen LogP contribution in [0, 0.1) is 17.8 Å². The van der Waals surface area contributed by atoms with Crippen molar-refractivity contribution in [2.75, 3.05) is 26.2 Å². The van der Waals surface area contributed by atoms with Gasteiger partial charge >= 0.3 is 12.1 Å². The van der Waals surface area contributed by atoms with E-state index in [0.29, 0.717) is 0 Å². The summed E-state index contributed by atoms with van der Waals surface area (Å²) >= 11 is 0. The SMILES string of the molecule is CCN(CC)C(=O)N1CCC(NC(=O)NC23CC4CC(CC(C4)C2)C3)CC1. The molecule has 5 aliphatic rings. The van der Waals surface area contributed by atoms with E-state index in [9.17, 15) is 9.59 Å². The number of hydrogen-bond donors (Lipinski definition) is 2. The number of carbonyl (C=O) groups is 2. The molecule has 4 saturated carbocycles. The summed E-state index contributed by atoms with van der Waals surface area (Å²) in [7, 11) is 0. The van der Waals surface area contributed by atoms with Gasteiger partial charge in [0, 0.05) is 37.8 Å². The molecular weight excluding hydrogens is 340 g/mol. The third-order valence-electron chi connectivity index (χ3n) is 7.55. The summed E-state index contributed by atoms with van der Waals surface area (Å²) in [4.78, 5) is 29.0. The van der Waals surface area contributed by atoms with Crippen molar-refractivity contribution in [3.8, 4) is 0 Å². The largest absolute Gasteiger partial charge is 0.335 e. The van der Waals surface area contributed by atoms with Crippen LogP contribution in [0.3, 0.4) is 0 Å². The lowest BCUT2D eigenvalue weighted by atomic mass is 9.53. The predicted octanol–water partition coefficient (Wildman–Crippen LogP) is 3.18. The van der Waals surface area contributed by atoms with Crippen molar-refractivity contribution in [2.24, 2.45) is 17.8 Å². The Morgan fingerprint density at radius 3 is 1.96 bits per heavy atom. The minimum absolute atomic E-state index is 0.0190. The van der Waals surface area contributed by atoms with Crippen molar-refractivity contribution in [1.82, 2.24) is 20.4 Å². The molecule has 0 aromatic rings. The van der Waals surface area contributed by atoms with Gasteiger partial charge in [-0.15, -0.1) is 0 Å². The molecule has 0 atom stereocenters. The van der Waals surface area contributed by atoms with Gasteiger partial charge in [0.15, 0.2) is 0 Å². The van der Waals surface area contributed by atoms with Gasteiger partial charge in [0.05, 0.1) is 0 Å². The molecule has 0 spiro atoms. The van der Waals surface area contributed by atoms with Crippen molar-refractivity contribution in [2.45, 2.75) is 76.8 Å². The highest BCUT2D eigenvalue weighted by Gasteiger charge is 2.51. The summed E-state index contributed by atoms with van der Waals surface area (Å²) in [6.45, 7) is 7.01. The first-order valence-corrected chi connectivity index (χ1v) is 11.1. The zero-order valence-electron chi connectivity index (χ0n) is 17.0. The molecule has 4 amide bonds. The molecule has 0 unspecified atom stereocenters. The second kappa shape index (κ2) is 7.51. The Hall–Kier alpha value is -1.46. The van der Waals surface area contributed by atoms with E-state index in [1.54, 1.807) is 0 Å². The third-order valence-corrected chi connectivity index (χ3v) is 7.55. The molecule has 152 valence electrons. The summed E-state index contributed by atoms with van der Waals surface area (Å²) in [5.41, 5.74) is 0.0677. The molecule has 1 saturated heterocycles. The zero-order chi connectivity index (χ0) is 19.0. The molecule has 0 aromatic carbocycles. The van der Waals surface area contributed by atoms with E-state index in [2.05, 4.69) is 10.6 Å². The Bertz CT molecular complexity index is 531. The second-order valence-corrected chi connectivity index (χ2v) is 9.51. The molecule has 27 heavy (non-hydrogen) atoms. The van der Waals surface area contributed by atoms with Crippen molar-refractivity contribution < 1.29 is 9.59 Å². The maximum absolute atomic E-state index is 12.7. The van der Waals surface area contributed by atoms with E-state index in [1.165, 1.54) is 38.5 Å². The molecule has 0 radical (unpaired) electrons. The Kier molecular flexibility index (Phi) is 5.26. The van der Waals surface area contributed by atoms with Gasteiger partial charge in [-0.05, 0) is 83.0 Å². The predicted molar refractivity (Wildman–Crippen MR) is 105 cm³/mol. The highest BCUT2D eigenvalue weighted by atomic mass is 16.2. The number of urea groups is 2. The molecule has 1 heterocycles. The van der Waals surface area contributed by atoms with Gasteiger partial charge < -0.3 is 20.4 Å². The lowest BCUT2D eigenvalue weighted by Crippen LogP contribution is -2.62. The summed E-state index contributed by atoms with van der Waals surface area (Å²) < 4.78 is 0. The van der Waals surface area contributed by atoms with Gasteiger partial charge in [-0.3, -0.25) is 0 Å². The highest BCUT2D eigenvalue weighted by Crippen LogP contribution is 2.55. The van der Waals surface area contributed by atoms with Crippen LogP contribution in [0.15, 0.2) is 0 Å². The van der Waals surface area contributed by atoms with E-state index >= 15 is 0 Å². The van der Waals surface area contributed by atoms with Crippen LogP contribution < -0.4 is 10.6 Å². The van der Waals surface area contributed by atoms with Crippen LogP contribution in [0.1, 0.15) is 65.2 Å². The van der Waals surface area contributed by atoms with Gasteiger partial charge in [-0.2, -0.15) is 0 Å². The molecule has 4 bridgehead atoms. The van der Waals surface area contributed by atoms with Gasteiger partial charge in [0.1, 0.15) is 0 Å². The molecule has 1 aliphatic heterocycles. The summed E-state index contributed by atoms with van der Waals surface area (Å²) in [5, 5.41) is 6.61. The maximum atomic E-state index is 12.7. The first kappa shape index (κ1) is 18.9. The number of piperidine rings is 1. The molecule has 6 heteroatoms. The number of rotatable bonds is 4. The standard InChI is InChI=1S/C21H36N4O2/c1-3-24(4-2)20(27)25-7-5-18(6-8-25)22-19(26)23-21-12-15-9-16(13-21)11-17(10-15)14-21/h15-18H,3-14H2,1-2H3,(H2,22,23,26). The van der Waals surface area contributed by atoms with Crippen molar-refractivity contribution in [3.63, 3.8) is 0 Å². The number of carbonyl (C=O) groups excluding carboxylic acids is 2. The summed E-state index contributed by atoms with van der Waals surface area (Å²) in [6, 6.07) is 0.335. The average Bonchev–Trinajstić information content (AvgIpc) is 2.61. The van der Waals surface area contributed by atoms with Crippen LogP contribution in [0.4, 0.5) is 9.59 Å². The number of amides is 4. The Labute approximate surface area is 163 Å². The number of likely N-dealkylation sites (tertiary alicyclic amines) is 1. The fourth-order valence-corrected chi connectivity index (χ4v) is 6.64. The van der Waals surface area contributed by atoms with E-state index in [0.717, 1.165) is 56.8 Å². The van der Waals surface area contributed by atoms with E-state index in [1.807, 2.05) is 23.6 Å². The van der Waals surface area contributed by atoms with Crippen LogP contribution in [0.25, 0.3) is 0 Å². The van der Waals surface area contributed by atoms with Crippen LogP contribution in [-0.4, -0.2) is 59.6 Å². The van der Waals surface area contributed by atoms with Crippen molar-refractivity contribution >= 4 is 12.1 Å². The maximum Gasteiger partial charge on any atom is 0.319 e. The molecule has 4 aliphatic carbocycles. The molecule has 5 fully saturated rings. The van der Waals surface area contributed by atoms with E-state index < -0.39 is 0 Å². The molecule has 6 nitrogen and oxygen atoms in total. The van der Waals surface area contributed by atoms with E-state index in [-0.39, 0.29) is 23.6 Å². The quantitative estimate of drug-likeness (QED) is 0.791. The van der Waals surface area contributed by atoms with Gasteiger partial charge in [0.2, 0.25) is 0 Å². The lowest BCUT2D eigenvalue weighted by Gasteiger charge is -2.56. The van der Waals surface area contributed by atoms with Crippen LogP contribution in [0.5, 0.6) is 0 Å². The molecule has 2 N–H and O–H groups in total. The Morgan fingerprint density at radius 2 is 1.48 bits per heavy atom. The molecular formula is C21H36N4O2. The van der Waals surface area contributed by atoms with Crippen LogP contribution in [0.2, 0.25) is 0 Å². The van der Waals surface area contributed by atoms with Gasteiger partial charge in [-0.1, -0.05) is 0 Å². The first-order valence-electron chi connectivity index (χ1n) is 11.1. The van der Waals surface area contributed by atoms with E-state index in [4.69, 9.17) is 0 Å². The summed E-state index contributed by atoms with van der Waals surface area (Å²) in [5.74, 6) is 2.52. The van der Waals surface area contributed by atoms with Gasteiger partial charge in [-0.25, -0.2) is 9.59 Å². The molecule has 5 rings (SSSR count). The number of hydrogen-bond acceptors (Lipinski definition) is 2. The first-order chi connectivity index (χ1) is 13.0. The number of nitrogens with one attached hydrogen (secondary N) is 2. The second-order valence-electron chi connectivity index (χ2n) is 9.51. The monoisotopic (exact) mass is 376 g/mol. The minimum atomic E-state index is 0.0190. The third kappa shape index (κ3) is 3.90. The Morgan fingerprint density at radius 1 is 0.963 bits per heavy atom. The van der Waals surface area contributed by atoms with Crippen LogP contribution in [-0.2, 0) is 0 Å². The topological polar surface area (TPSA) is 64.7 Å². The minimum Gasteiger partial charge on any atom is -0.335 e. The van der Waals surface area contributed by atoms with Gasteiger partial charge in [0.25, 0.3) is 0 Å². The Balaban J connectivity index is 1.25. The van der Waals surface area contributed by atoms with Crippen molar-refractivity contribution in [3.05, 3.63) is 0 Å². The fourth-order valence-electron chi connectivity index (χ4n) is 6.64. The normalized spacial score (nSPS) is 35.2. The highest BCUT2D eigenvalue weighted by molar-refractivity contribution is 5.76. The van der Waals surface area contributed by atoms with Crippen LogP contribution >= 0.6 is 0 Å². The summed E-state index contributed by atoms with van der Waals surface area (Å²) in [6.07, 6.45) is 9.42.